The van der Waals surface area contributed by atoms with Crippen molar-refractivity contribution >= 4 is 33.5 Å². The number of benzene rings is 2. The molecule has 11 heteroatoms. The van der Waals surface area contributed by atoms with Crippen molar-refractivity contribution in [3.05, 3.63) is 94.9 Å². The van der Waals surface area contributed by atoms with Gasteiger partial charge in [0.25, 0.3) is 0 Å². The second-order valence-electron chi connectivity index (χ2n) is 11.3. The van der Waals surface area contributed by atoms with Gasteiger partial charge in [-0.3, -0.25) is 14.9 Å². The van der Waals surface area contributed by atoms with Crippen molar-refractivity contribution in [1.29, 1.82) is 10.5 Å². The molecular formula is C35H28N8O3. The molecule has 0 bridgehead atoms. The van der Waals surface area contributed by atoms with Gasteiger partial charge in [-0.2, -0.15) is 10.5 Å². The molecule has 0 aliphatic carbocycles. The second kappa shape index (κ2) is 12.0. The van der Waals surface area contributed by atoms with Gasteiger partial charge in [0, 0.05) is 54.9 Å². The number of rotatable bonds is 7. The Morgan fingerprint density at radius 3 is 2.67 bits per heavy atom. The first kappa shape index (κ1) is 29.0. The van der Waals surface area contributed by atoms with Gasteiger partial charge in [0.05, 0.1) is 35.1 Å². The molecule has 46 heavy (non-hydrogen) atoms. The van der Waals surface area contributed by atoms with Crippen molar-refractivity contribution in [2.45, 2.75) is 32.6 Å². The van der Waals surface area contributed by atoms with Gasteiger partial charge < -0.3 is 19.9 Å². The van der Waals surface area contributed by atoms with Crippen LogP contribution in [0.25, 0.3) is 44.7 Å². The van der Waals surface area contributed by atoms with Gasteiger partial charge in [-0.15, -0.1) is 0 Å². The van der Waals surface area contributed by atoms with E-state index in [1.165, 1.54) is 0 Å². The predicted molar refractivity (Wildman–Crippen MR) is 171 cm³/mol. The third-order valence-corrected chi connectivity index (χ3v) is 8.30. The van der Waals surface area contributed by atoms with Crippen LogP contribution in [0, 0.1) is 29.6 Å². The minimum atomic E-state index is -0.269. The van der Waals surface area contributed by atoms with E-state index >= 15 is 0 Å². The molecule has 0 amide bonds. The molecule has 1 fully saturated rings. The minimum Gasteiger partial charge on any atom is -0.435 e. The summed E-state index contributed by atoms with van der Waals surface area (Å²) in [5, 5.41) is 43.8. The molecule has 0 saturated carbocycles. The van der Waals surface area contributed by atoms with Crippen LogP contribution in [0.2, 0.25) is 0 Å². The smallest absolute Gasteiger partial charge is 0.228 e. The summed E-state index contributed by atoms with van der Waals surface area (Å²) >= 11 is 0. The number of likely N-dealkylation sites (tertiary alicyclic amines) is 1. The highest BCUT2D eigenvalue weighted by Gasteiger charge is 2.22. The van der Waals surface area contributed by atoms with Crippen LogP contribution in [0.3, 0.4) is 0 Å². The molecule has 4 aromatic heterocycles. The lowest BCUT2D eigenvalue weighted by molar-refractivity contribution is 0.175. The largest absolute Gasteiger partial charge is 0.435 e. The summed E-state index contributed by atoms with van der Waals surface area (Å²) in [6.07, 6.45) is 5.72. The Morgan fingerprint density at radius 1 is 1.02 bits per heavy atom. The average Bonchev–Trinajstić information content (AvgIpc) is 3.70. The van der Waals surface area contributed by atoms with Crippen LogP contribution in [0.15, 0.2) is 71.5 Å². The van der Waals surface area contributed by atoms with Gasteiger partial charge in [0.1, 0.15) is 23.2 Å². The monoisotopic (exact) mass is 608 g/mol. The molecule has 1 atom stereocenters. The number of aliphatic hydroxyl groups is 2. The molecule has 11 nitrogen and oxygen atoms in total. The van der Waals surface area contributed by atoms with E-state index in [1.807, 2.05) is 37.4 Å². The van der Waals surface area contributed by atoms with Crippen molar-refractivity contribution < 1.29 is 14.6 Å². The lowest BCUT2D eigenvalue weighted by Gasteiger charge is -2.16. The van der Waals surface area contributed by atoms with Crippen LogP contribution in [-0.4, -0.2) is 54.2 Å². The molecule has 226 valence electrons. The van der Waals surface area contributed by atoms with E-state index in [0.717, 1.165) is 52.8 Å². The van der Waals surface area contributed by atoms with Crippen molar-refractivity contribution in [2.75, 3.05) is 18.4 Å². The van der Waals surface area contributed by atoms with Crippen molar-refractivity contribution in [2.24, 2.45) is 0 Å². The molecule has 1 saturated heterocycles. The molecule has 7 rings (SSSR count). The fourth-order valence-corrected chi connectivity index (χ4v) is 5.99. The van der Waals surface area contributed by atoms with E-state index in [9.17, 15) is 20.7 Å². The fourth-order valence-electron chi connectivity index (χ4n) is 5.99. The SMILES string of the molecule is Cc1c(Nc2nccc3cc(CN4CCC(O)C4)cnc23)cccc1-c1nccc(-c2nc3cc(CO)cc(C#N)c3o2)c1C#N. The summed E-state index contributed by atoms with van der Waals surface area (Å²) in [6, 6.07) is 19.0. The maximum atomic E-state index is 10.3. The molecule has 6 aromatic rings. The third-order valence-electron chi connectivity index (χ3n) is 8.30. The van der Waals surface area contributed by atoms with Crippen molar-refractivity contribution in [3.8, 4) is 34.8 Å². The molecule has 1 aliphatic rings. The lowest BCUT2D eigenvalue weighted by Crippen LogP contribution is -2.21. The van der Waals surface area contributed by atoms with Gasteiger partial charge in [-0.1, -0.05) is 12.1 Å². The summed E-state index contributed by atoms with van der Waals surface area (Å²) in [5.41, 5.74) is 6.85. The molecule has 5 heterocycles. The van der Waals surface area contributed by atoms with Gasteiger partial charge in [0.15, 0.2) is 11.4 Å². The summed E-state index contributed by atoms with van der Waals surface area (Å²) in [4.78, 5) is 20.7. The maximum absolute atomic E-state index is 10.3. The summed E-state index contributed by atoms with van der Waals surface area (Å²) < 4.78 is 6.00. The molecule has 0 spiro atoms. The zero-order valence-electron chi connectivity index (χ0n) is 24.9. The number of β-amino-alcohol motifs (C(OH)–C–C–N with tert-alkyl or cyclic N) is 1. The molecule has 1 aliphatic heterocycles. The number of fused-ring (bicyclic) bond motifs is 2. The zero-order valence-corrected chi connectivity index (χ0v) is 24.9. The topological polar surface area (TPSA) is 168 Å². The molecule has 2 aromatic carbocycles. The van der Waals surface area contributed by atoms with Crippen molar-refractivity contribution in [3.63, 3.8) is 0 Å². The highest BCUT2D eigenvalue weighted by molar-refractivity contribution is 5.91. The zero-order chi connectivity index (χ0) is 31.8. The maximum Gasteiger partial charge on any atom is 0.228 e. The Bertz CT molecular complexity index is 2220. The number of oxazole rings is 1. The number of hydrogen-bond donors (Lipinski definition) is 3. The Labute approximate surface area is 264 Å². The van der Waals surface area contributed by atoms with Gasteiger partial charge in [-0.05, 0) is 66.4 Å². The number of pyridine rings is 3. The first-order valence-electron chi connectivity index (χ1n) is 14.8. The van der Waals surface area contributed by atoms with Gasteiger partial charge >= 0.3 is 0 Å². The van der Waals surface area contributed by atoms with E-state index in [2.05, 4.69) is 43.4 Å². The van der Waals surface area contributed by atoms with Crippen LogP contribution < -0.4 is 5.32 Å². The van der Waals surface area contributed by atoms with Gasteiger partial charge in [-0.25, -0.2) is 9.97 Å². The number of hydrogen-bond acceptors (Lipinski definition) is 11. The van der Waals surface area contributed by atoms with E-state index < -0.39 is 0 Å². The molecular weight excluding hydrogens is 580 g/mol. The normalized spacial score (nSPS) is 14.8. The fraction of sp³-hybridized carbons (Fsp3) is 0.200. The summed E-state index contributed by atoms with van der Waals surface area (Å²) in [5.74, 6) is 0.783. The van der Waals surface area contributed by atoms with Crippen LogP contribution in [0.4, 0.5) is 11.5 Å². The van der Waals surface area contributed by atoms with Crippen LogP contribution in [0.1, 0.15) is 34.2 Å². The van der Waals surface area contributed by atoms with E-state index in [1.54, 1.807) is 30.6 Å². The van der Waals surface area contributed by atoms with E-state index in [0.29, 0.717) is 34.7 Å². The Kier molecular flexibility index (Phi) is 7.56. The molecule has 0 radical (unpaired) electrons. The lowest BCUT2D eigenvalue weighted by atomic mass is 9.97. The Hall–Kier alpha value is -5.72. The predicted octanol–water partition coefficient (Wildman–Crippen LogP) is 5.35. The second-order valence-corrected chi connectivity index (χ2v) is 11.3. The number of aromatic nitrogens is 4. The third kappa shape index (κ3) is 5.29. The van der Waals surface area contributed by atoms with E-state index in [-0.39, 0.29) is 35.3 Å². The Balaban J connectivity index is 1.23. The average molecular weight is 609 g/mol. The summed E-state index contributed by atoms with van der Waals surface area (Å²) in [6.45, 7) is 3.97. The number of anilines is 2. The van der Waals surface area contributed by atoms with Crippen LogP contribution in [-0.2, 0) is 13.2 Å². The summed E-state index contributed by atoms with van der Waals surface area (Å²) in [7, 11) is 0. The first-order valence-corrected chi connectivity index (χ1v) is 14.8. The number of nitrogens with one attached hydrogen (secondary N) is 1. The quantitative estimate of drug-likeness (QED) is 0.213. The van der Waals surface area contributed by atoms with Gasteiger partial charge in [0.2, 0.25) is 5.89 Å². The molecule has 1 unspecified atom stereocenters. The number of aliphatic hydroxyl groups excluding tert-OH is 2. The first-order chi connectivity index (χ1) is 22.4. The Morgan fingerprint density at radius 2 is 1.89 bits per heavy atom. The minimum absolute atomic E-state index is 0.181. The van der Waals surface area contributed by atoms with E-state index in [4.69, 9.17) is 9.40 Å². The van der Waals surface area contributed by atoms with Crippen LogP contribution >= 0.6 is 0 Å². The standard InChI is InChI=1S/C35H28N8O3/c1-20-26(32-28(15-37)27(6-9-38-32)35-42-30-13-21(19-44)11-24(14-36)33(30)46-35)3-2-4-29(20)41-34-31-23(5-8-39-34)12-22(16-40-31)17-43-10-7-25(45)18-43/h2-6,8-9,11-13,16,25,44-45H,7,10,17-19H2,1H3,(H,39,41). The highest BCUT2D eigenvalue weighted by atomic mass is 16.3. The van der Waals surface area contributed by atoms with Crippen LogP contribution in [0.5, 0.6) is 0 Å². The number of nitrogens with zero attached hydrogens (tertiary/aromatic N) is 7. The highest BCUT2D eigenvalue weighted by Crippen LogP contribution is 2.36. The van der Waals surface area contributed by atoms with Crippen molar-refractivity contribution in [1.82, 2.24) is 24.8 Å². The molecule has 3 N–H and O–H groups in total. The number of nitriles is 2.